The number of furan rings is 1. The van der Waals surface area contributed by atoms with Crippen molar-refractivity contribution in [3.63, 3.8) is 0 Å². The van der Waals surface area contributed by atoms with Crippen molar-refractivity contribution in [3.05, 3.63) is 124 Å². The molecule has 3 nitrogen and oxygen atoms in total. The summed E-state index contributed by atoms with van der Waals surface area (Å²) in [6.45, 7) is 0. The third-order valence-corrected chi connectivity index (χ3v) is 5.13. The van der Waals surface area contributed by atoms with Crippen LogP contribution < -0.4 is 0 Å². The van der Waals surface area contributed by atoms with Gasteiger partial charge in [0.15, 0.2) is 11.6 Å². The van der Waals surface area contributed by atoms with Crippen LogP contribution in [-0.2, 0) is 0 Å². The standard InChI is InChI=1S/C26H17BrO3/c27-21-13-11-18(12-14-21)24-16-15-22(30-24)17-23(25(28)19-7-3-1-4-8-19)26(29)20-9-5-2-6-10-20/h1-17H. The summed E-state index contributed by atoms with van der Waals surface area (Å²) in [5.74, 6) is 0.418. The first kappa shape index (κ1) is 19.8. The Morgan fingerprint density at radius 3 is 1.73 bits per heavy atom. The van der Waals surface area contributed by atoms with Crippen LogP contribution in [0.5, 0.6) is 0 Å². The van der Waals surface area contributed by atoms with Crippen molar-refractivity contribution in [3.8, 4) is 11.3 Å². The molecule has 0 saturated carbocycles. The van der Waals surface area contributed by atoms with Gasteiger partial charge >= 0.3 is 0 Å². The van der Waals surface area contributed by atoms with Gasteiger partial charge in [-0.25, -0.2) is 0 Å². The Bertz CT molecular complexity index is 1150. The van der Waals surface area contributed by atoms with E-state index in [1.54, 1.807) is 54.6 Å². The minimum atomic E-state index is -0.342. The molecule has 4 heteroatoms. The smallest absolute Gasteiger partial charge is 0.197 e. The molecular formula is C26H17BrO3. The summed E-state index contributed by atoms with van der Waals surface area (Å²) < 4.78 is 6.89. The van der Waals surface area contributed by atoms with Gasteiger partial charge < -0.3 is 4.42 Å². The number of ketones is 2. The SMILES string of the molecule is O=C(C(=Cc1ccc(-c2ccc(Br)cc2)o1)C(=O)c1ccccc1)c1ccccc1. The zero-order valence-electron chi connectivity index (χ0n) is 15.9. The predicted molar refractivity (Wildman–Crippen MR) is 121 cm³/mol. The molecule has 0 aliphatic carbocycles. The van der Waals surface area contributed by atoms with Gasteiger partial charge in [0.05, 0.1) is 5.57 Å². The van der Waals surface area contributed by atoms with Gasteiger partial charge in [0.25, 0.3) is 0 Å². The van der Waals surface area contributed by atoms with Gasteiger partial charge in [0.1, 0.15) is 11.5 Å². The number of carbonyl (C=O) groups is 2. The molecule has 0 aliphatic rings. The van der Waals surface area contributed by atoms with E-state index < -0.39 is 0 Å². The summed E-state index contributed by atoms with van der Waals surface area (Å²) >= 11 is 3.42. The van der Waals surface area contributed by atoms with Crippen LogP contribution in [0, 0.1) is 0 Å². The van der Waals surface area contributed by atoms with E-state index in [1.165, 1.54) is 6.08 Å². The molecule has 0 spiro atoms. The Labute approximate surface area is 182 Å². The van der Waals surface area contributed by atoms with Crippen molar-refractivity contribution in [2.75, 3.05) is 0 Å². The summed E-state index contributed by atoms with van der Waals surface area (Å²) in [6.07, 6.45) is 1.52. The van der Waals surface area contributed by atoms with E-state index in [0.717, 1.165) is 10.0 Å². The van der Waals surface area contributed by atoms with Crippen molar-refractivity contribution < 1.29 is 14.0 Å². The van der Waals surface area contributed by atoms with E-state index in [1.807, 2.05) is 42.5 Å². The molecule has 0 saturated heterocycles. The zero-order valence-corrected chi connectivity index (χ0v) is 17.5. The van der Waals surface area contributed by atoms with Gasteiger partial charge in [0.2, 0.25) is 0 Å². The van der Waals surface area contributed by atoms with Crippen molar-refractivity contribution in [1.82, 2.24) is 0 Å². The highest BCUT2D eigenvalue weighted by atomic mass is 79.9. The van der Waals surface area contributed by atoms with Gasteiger partial charge in [0, 0.05) is 21.2 Å². The first-order valence-corrected chi connectivity index (χ1v) is 10.2. The second-order valence-electron chi connectivity index (χ2n) is 6.66. The maximum atomic E-state index is 13.1. The van der Waals surface area contributed by atoms with Crippen LogP contribution >= 0.6 is 15.9 Å². The molecule has 1 aromatic heterocycles. The normalized spacial score (nSPS) is 10.4. The van der Waals surface area contributed by atoms with Gasteiger partial charge in [-0.2, -0.15) is 0 Å². The third-order valence-electron chi connectivity index (χ3n) is 4.60. The Kier molecular flexibility index (Phi) is 5.87. The fourth-order valence-corrected chi connectivity index (χ4v) is 3.33. The van der Waals surface area contributed by atoms with E-state index in [4.69, 9.17) is 4.42 Å². The quantitative estimate of drug-likeness (QED) is 0.138. The number of hydrogen-bond acceptors (Lipinski definition) is 3. The average Bonchev–Trinajstić information content (AvgIpc) is 3.27. The van der Waals surface area contributed by atoms with Crippen LogP contribution in [0.1, 0.15) is 26.5 Å². The number of hydrogen-bond donors (Lipinski definition) is 0. The van der Waals surface area contributed by atoms with E-state index in [9.17, 15) is 9.59 Å². The summed E-state index contributed by atoms with van der Waals surface area (Å²) in [6, 6.07) is 28.9. The molecule has 3 aromatic carbocycles. The van der Waals surface area contributed by atoms with Gasteiger partial charge in [-0.15, -0.1) is 0 Å². The monoisotopic (exact) mass is 456 g/mol. The average molecular weight is 457 g/mol. The molecular weight excluding hydrogens is 440 g/mol. The molecule has 0 atom stereocenters. The highest BCUT2D eigenvalue weighted by Crippen LogP contribution is 2.26. The molecule has 0 amide bonds. The molecule has 4 aromatic rings. The van der Waals surface area contributed by atoms with Gasteiger partial charge in [-0.1, -0.05) is 88.7 Å². The van der Waals surface area contributed by atoms with Gasteiger partial charge in [-0.05, 0) is 30.3 Å². The summed E-state index contributed by atoms with van der Waals surface area (Å²) in [4.78, 5) is 26.3. The molecule has 0 bridgehead atoms. The lowest BCUT2D eigenvalue weighted by molar-refractivity contribution is 0.0964. The Hall–Kier alpha value is -3.50. The van der Waals surface area contributed by atoms with Crippen LogP contribution in [0.25, 0.3) is 17.4 Å². The first-order valence-electron chi connectivity index (χ1n) is 9.39. The zero-order chi connectivity index (χ0) is 20.9. The molecule has 0 N–H and O–H groups in total. The number of rotatable bonds is 6. The van der Waals surface area contributed by atoms with Crippen LogP contribution in [0.4, 0.5) is 0 Å². The summed E-state index contributed by atoms with van der Waals surface area (Å²) in [5, 5.41) is 0. The first-order chi connectivity index (χ1) is 14.6. The molecule has 30 heavy (non-hydrogen) atoms. The number of benzene rings is 3. The van der Waals surface area contributed by atoms with Crippen molar-refractivity contribution in [1.29, 1.82) is 0 Å². The lowest BCUT2D eigenvalue weighted by atomic mass is 9.95. The molecule has 0 radical (unpaired) electrons. The Balaban J connectivity index is 1.74. The molecule has 1 heterocycles. The lowest BCUT2D eigenvalue weighted by Crippen LogP contribution is -2.13. The van der Waals surface area contributed by atoms with Gasteiger partial charge in [-0.3, -0.25) is 9.59 Å². The maximum Gasteiger partial charge on any atom is 0.197 e. The fourth-order valence-electron chi connectivity index (χ4n) is 3.07. The largest absolute Gasteiger partial charge is 0.457 e. The van der Waals surface area contributed by atoms with Crippen molar-refractivity contribution >= 4 is 33.6 Å². The fraction of sp³-hybridized carbons (Fsp3) is 0. The van der Waals surface area contributed by atoms with Crippen LogP contribution in [0.3, 0.4) is 0 Å². The highest BCUT2D eigenvalue weighted by molar-refractivity contribution is 9.10. The number of carbonyl (C=O) groups excluding carboxylic acids is 2. The van der Waals surface area contributed by atoms with E-state index in [-0.39, 0.29) is 17.1 Å². The molecule has 0 fully saturated rings. The highest BCUT2D eigenvalue weighted by Gasteiger charge is 2.22. The molecule has 4 rings (SSSR count). The number of allylic oxidation sites excluding steroid dienone is 1. The summed E-state index contributed by atoms with van der Waals surface area (Å²) in [7, 11) is 0. The second-order valence-corrected chi connectivity index (χ2v) is 7.57. The lowest BCUT2D eigenvalue weighted by Gasteiger charge is -2.06. The van der Waals surface area contributed by atoms with Crippen molar-refractivity contribution in [2.24, 2.45) is 0 Å². The number of Topliss-reactive ketones (excluding diaryl/α,β-unsaturated/α-hetero) is 2. The third kappa shape index (κ3) is 4.39. The molecule has 0 unspecified atom stereocenters. The minimum absolute atomic E-state index is 0.0594. The second kappa shape index (κ2) is 8.89. The topological polar surface area (TPSA) is 47.3 Å². The van der Waals surface area contributed by atoms with Crippen LogP contribution in [-0.4, -0.2) is 11.6 Å². The van der Waals surface area contributed by atoms with E-state index in [2.05, 4.69) is 15.9 Å². The minimum Gasteiger partial charge on any atom is -0.457 e. The maximum absolute atomic E-state index is 13.1. The predicted octanol–water partition coefficient (Wildman–Crippen LogP) is 6.86. The Morgan fingerprint density at radius 2 is 1.20 bits per heavy atom. The van der Waals surface area contributed by atoms with E-state index >= 15 is 0 Å². The molecule has 146 valence electrons. The van der Waals surface area contributed by atoms with Crippen molar-refractivity contribution in [2.45, 2.75) is 0 Å². The summed E-state index contributed by atoms with van der Waals surface area (Å²) in [5.41, 5.74) is 1.87. The number of halogens is 1. The van der Waals surface area contributed by atoms with E-state index in [0.29, 0.717) is 22.6 Å². The molecule has 0 aliphatic heterocycles. The van der Waals surface area contributed by atoms with Crippen LogP contribution in [0.15, 0.2) is 112 Å². The Morgan fingerprint density at radius 1 is 0.667 bits per heavy atom. The van der Waals surface area contributed by atoms with Crippen LogP contribution in [0.2, 0.25) is 0 Å².